The molecule has 5 rings (SSSR count). The van der Waals surface area contributed by atoms with Crippen molar-refractivity contribution >= 4 is 5.91 Å². The molecule has 7 heteroatoms. The first-order chi connectivity index (χ1) is 17.6. The Morgan fingerprint density at radius 1 is 1.03 bits per heavy atom. The van der Waals surface area contributed by atoms with Gasteiger partial charge in [0.1, 0.15) is 0 Å². The van der Waals surface area contributed by atoms with Gasteiger partial charge in [0.05, 0.1) is 36.7 Å². The lowest BCUT2D eigenvalue weighted by molar-refractivity contribution is -0.137. The molecule has 1 unspecified atom stereocenters. The zero-order valence-corrected chi connectivity index (χ0v) is 21.2. The number of hydrogen-bond acceptors (Lipinski definition) is 5. The molecule has 1 aliphatic carbocycles. The topological polar surface area (TPSA) is 65.8 Å². The number of benzene rings is 2. The van der Waals surface area contributed by atoms with E-state index in [0.29, 0.717) is 30.5 Å². The molecule has 36 heavy (non-hydrogen) atoms. The maximum Gasteiger partial charge on any atom is 0.228 e. The highest BCUT2D eigenvalue weighted by atomic mass is 16.5. The number of carbonyl (C=O) groups excluding carboxylic acids is 1. The maximum atomic E-state index is 13.7. The fourth-order valence-corrected chi connectivity index (χ4v) is 5.27. The lowest BCUT2D eigenvalue weighted by atomic mass is 10.1. The smallest absolute Gasteiger partial charge is 0.228 e. The van der Waals surface area contributed by atoms with Gasteiger partial charge >= 0.3 is 0 Å². The van der Waals surface area contributed by atoms with Gasteiger partial charge in [0.2, 0.25) is 11.8 Å². The molecule has 1 aliphatic heterocycles. The van der Waals surface area contributed by atoms with Crippen molar-refractivity contribution in [2.45, 2.75) is 58.1 Å². The zero-order chi connectivity index (χ0) is 24.9. The second kappa shape index (κ2) is 11.2. The Bertz CT molecular complexity index is 1160. The highest BCUT2D eigenvalue weighted by Crippen LogP contribution is 2.37. The van der Waals surface area contributed by atoms with Gasteiger partial charge in [0.25, 0.3) is 0 Å². The summed E-state index contributed by atoms with van der Waals surface area (Å²) >= 11 is 0. The van der Waals surface area contributed by atoms with Gasteiger partial charge in [-0.05, 0) is 56.9 Å². The summed E-state index contributed by atoms with van der Waals surface area (Å²) in [6, 6.07) is 17.5. The molecule has 0 radical (unpaired) electrons. The van der Waals surface area contributed by atoms with E-state index in [1.165, 1.54) is 0 Å². The Labute approximate surface area is 213 Å². The number of hydrogen-bond donors (Lipinski definition) is 0. The van der Waals surface area contributed by atoms with Gasteiger partial charge in [-0.3, -0.25) is 4.79 Å². The summed E-state index contributed by atoms with van der Waals surface area (Å²) in [5.41, 5.74) is 2.62. The van der Waals surface area contributed by atoms with Gasteiger partial charge in [-0.15, -0.1) is 0 Å². The SMILES string of the molecule is COc1ccccc1Oc1c(CN(CC2CCCO2)C(=O)C2CCCC2)c(C)nn1-c1ccccc1. The van der Waals surface area contributed by atoms with E-state index in [-0.39, 0.29) is 17.9 Å². The summed E-state index contributed by atoms with van der Waals surface area (Å²) in [6.07, 6.45) is 6.29. The third-order valence-corrected chi connectivity index (χ3v) is 7.23. The van der Waals surface area contributed by atoms with Crippen LogP contribution in [-0.2, 0) is 16.1 Å². The average Bonchev–Trinajstić information content (AvgIpc) is 3.68. The van der Waals surface area contributed by atoms with Gasteiger partial charge in [-0.2, -0.15) is 5.10 Å². The van der Waals surface area contributed by atoms with Gasteiger partial charge < -0.3 is 19.1 Å². The number of aromatic nitrogens is 2. The average molecular weight is 490 g/mol. The molecule has 2 fully saturated rings. The molecule has 2 heterocycles. The standard InChI is InChI=1S/C29H35N3O4/c1-21-25(20-31(19-24-15-10-18-35-24)28(33)22-11-6-7-12-22)29(32(30-21)23-13-4-3-5-14-23)36-27-17-9-8-16-26(27)34-2/h3-5,8-9,13-14,16-17,22,24H,6-7,10-12,15,18-20H2,1-2H3. The van der Waals surface area contributed by atoms with Crippen molar-refractivity contribution in [1.82, 2.24) is 14.7 Å². The minimum atomic E-state index is 0.0819. The van der Waals surface area contributed by atoms with Crippen molar-refractivity contribution in [3.05, 3.63) is 65.9 Å². The first kappa shape index (κ1) is 24.4. The van der Waals surface area contributed by atoms with Crippen LogP contribution in [0.5, 0.6) is 17.4 Å². The number of methoxy groups -OCH3 is 1. The molecule has 1 atom stereocenters. The summed E-state index contributed by atoms with van der Waals surface area (Å²) in [4.78, 5) is 15.7. The van der Waals surface area contributed by atoms with E-state index in [0.717, 1.165) is 62.1 Å². The molecular formula is C29H35N3O4. The fraction of sp³-hybridized carbons (Fsp3) is 0.448. The third kappa shape index (κ3) is 5.26. The molecule has 0 spiro atoms. The number of ether oxygens (including phenoxy) is 3. The number of para-hydroxylation sites is 3. The summed E-state index contributed by atoms with van der Waals surface area (Å²) in [7, 11) is 1.63. The Balaban J connectivity index is 1.53. The molecule has 1 saturated heterocycles. The molecule has 7 nitrogen and oxygen atoms in total. The predicted octanol–water partition coefficient (Wildman–Crippen LogP) is 5.68. The van der Waals surface area contributed by atoms with Crippen molar-refractivity contribution < 1.29 is 19.0 Å². The molecule has 0 N–H and O–H groups in total. The lowest BCUT2D eigenvalue weighted by Gasteiger charge is -2.28. The van der Waals surface area contributed by atoms with Crippen LogP contribution in [0.2, 0.25) is 0 Å². The summed E-state index contributed by atoms with van der Waals surface area (Å²) < 4.78 is 19.8. The number of amides is 1. The minimum absolute atomic E-state index is 0.0819. The van der Waals surface area contributed by atoms with Crippen LogP contribution < -0.4 is 9.47 Å². The third-order valence-electron chi connectivity index (χ3n) is 7.23. The van der Waals surface area contributed by atoms with E-state index in [9.17, 15) is 4.79 Å². The molecule has 2 aromatic carbocycles. The predicted molar refractivity (Wildman–Crippen MR) is 138 cm³/mol. The first-order valence-corrected chi connectivity index (χ1v) is 13.0. The lowest BCUT2D eigenvalue weighted by Crippen LogP contribution is -2.40. The zero-order valence-electron chi connectivity index (χ0n) is 21.2. The largest absolute Gasteiger partial charge is 0.493 e. The van der Waals surface area contributed by atoms with E-state index < -0.39 is 0 Å². The molecule has 190 valence electrons. The van der Waals surface area contributed by atoms with Crippen LogP contribution in [0.1, 0.15) is 49.8 Å². The molecule has 2 aliphatic rings. The van der Waals surface area contributed by atoms with Gasteiger partial charge in [0, 0.05) is 19.1 Å². The van der Waals surface area contributed by atoms with Crippen molar-refractivity contribution in [1.29, 1.82) is 0 Å². The fourth-order valence-electron chi connectivity index (χ4n) is 5.27. The van der Waals surface area contributed by atoms with Crippen LogP contribution in [0.25, 0.3) is 5.69 Å². The maximum absolute atomic E-state index is 13.7. The summed E-state index contributed by atoms with van der Waals surface area (Å²) in [6.45, 7) is 3.77. The second-order valence-corrected chi connectivity index (χ2v) is 9.70. The number of aryl methyl sites for hydroxylation is 1. The van der Waals surface area contributed by atoms with Crippen LogP contribution in [0.3, 0.4) is 0 Å². The van der Waals surface area contributed by atoms with E-state index in [1.54, 1.807) is 7.11 Å². The number of rotatable bonds is 9. The second-order valence-electron chi connectivity index (χ2n) is 9.70. The summed E-state index contributed by atoms with van der Waals surface area (Å²) in [5, 5.41) is 4.86. The van der Waals surface area contributed by atoms with Crippen LogP contribution in [0.15, 0.2) is 54.6 Å². The monoisotopic (exact) mass is 489 g/mol. The Hall–Kier alpha value is -3.32. The van der Waals surface area contributed by atoms with Crippen molar-refractivity contribution in [2.24, 2.45) is 5.92 Å². The minimum Gasteiger partial charge on any atom is -0.493 e. The van der Waals surface area contributed by atoms with Gasteiger partial charge in [-0.25, -0.2) is 4.68 Å². The molecule has 1 aromatic heterocycles. The van der Waals surface area contributed by atoms with E-state index in [2.05, 4.69) is 0 Å². The Morgan fingerprint density at radius 2 is 1.75 bits per heavy atom. The first-order valence-electron chi connectivity index (χ1n) is 13.0. The van der Waals surface area contributed by atoms with E-state index >= 15 is 0 Å². The molecule has 1 saturated carbocycles. The summed E-state index contributed by atoms with van der Waals surface area (Å²) in [5.74, 6) is 2.15. The normalized spacial score (nSPS) is 17.9. The molecule has 3 aromatic rings. The van der Waals surface area contributed by atoms with Crippen molar-refractivity contribution in [2.75, 3.05) is 20.3 Å². The van der Waals surface area contributed by atoms with Crippen LogP contribution in [-0.4, -0.2) is 47.0 Å². The Kier molecular flexibility index (Phi) is 7.56. The molecule has 1 amide bonds. The highest BCUT2D eigenvalue weighted by molar-refractivity contribution is 5.79. The van der Waals surface area contributed by atoms with Crippen molar-refractivity contribution in [3.8, 4) is 23.1 Å². The van der Waals surface area contributed by atoms with E-state index in [4.69, 9.17) is 19.3 Å². The number of nitrogens with zero attached hydrogens (tertiary/aromatic N) is 3. The highest BCUT2D eigenvalue weighted by Gasteiger charge is 2.32. The van der Waals surface area contributed by atoms with Crippen LogP contribution in [0, 0.1) is 12.8 Å². The Morgan fingerprint density at radius 3 is 2.44 bits per heavy atom. The number of carbonyl (C=O) groups is 1. The molecule has 0 bridgehead atoms. The van der Waals surface area contributed by atoms with Gasteiger partial charge in [-0.1, -0.05) is 43.2 Å². The van der Waals surface area contributed by atoms with Crippen LogP contribution >= 0.6 is 0 Å². The quantitative estimate of drug-likeness (QED) is 0.387. The van der Waals surface area contributed by atoms with Crippen LogP contribution in [0.4, 0.5) is 0 Å². The van der Waals surface area contributed by atoms with E-state index in [1.807, 2.05) is 71.1 Å². The van der Waals surface area contributed by atoms with Gasteiger partial charge in [0.15, 0.2) is 11.5 Å². The van der Waals surface area contributed by atoms with Crippen molar-refractivity contribution in [3.63, 3.8) is 0 Å². The molecular weight excluding hydrogens is 454 g/mol.